The highest BCUT2D eigenvalue weighted by molar-refractivity contribution is 5.85. The lowest BCUT2D eigenvalue weighted by Gasteiger charge is -2.73. The van der Waals surface area contributed by atoms with Crippen molar-refractivity contribution < 1.29 is 24.2 Å². The van der Waals surface area contributed by atoms with Crippen LogP contribution in [-0.4, -0.2) is 60.8 Å². The van der Waals surface area contributed by atoms with Crippen molar-refractivity contribution in [3.8, 4) is 0 Å². The van der Waals surface area contributed by atoms with Crippen molar-refractivity contribution >= 4 is 17.8 Å². The number of fused-ring (bicyclic) bond motifs is 9. The van der Waals surface area contributed by atoms with Crippen molar-refractivity contribution in [2.45, 2.75) is 215 Å². The molecule has 3 heterocycles. The number of nitrogens with zero attached hydrogens (tertiary/aromatic N) is 4. The Morgan fingerprint density at radius 1 is 0.672 bits per heavy atom. The highest BCUT2D eigenvalue weighted by atomic mass is 16.5. The first-order valence-corrected chi connectivity index (χ1v) is 25.2. The summed E-state index contributed by atoms with van der Waals surface area (Å²) < 4.78 is 8.94. The molecule has 2 aliphatic heterocycles. The van der Waals surface area contributed by atoms with Crippen LogP contribution in [0, 0.1) is 86.3 Å². The summed E-state index contributed by atoms with van der Waals surface area (Å²) in [5.41, 5.74) is -0.0533. The van der Waals surface area contributed by atoms with Gasteiger partial charge in [0, 0.05) is 29.5 Å². The molecule has 10 rings (SSSR count). The van der Waals surface area contributed by atoms with E-state index >= 15 is 4.79 Å². The quantitative estimate of drug-likeness (QED) is 0.272. The molecule has 0 radical (unpaired) electrons. The zero-order chi connectivity index (χ0) is 43.6. The summed E-state index contributed by atoms with van der Waals surface area (Å²) in [6.45, 7) is 25.8. The van der Waals surface area contributed by atoms with Gasteiger partial charge in [0.25, 0.3) is 0 Å². The molecule has 9 fully saturated rings. The number of ether oxygens (including phenoxy) is 1. The van der Waals surface area contributed by atoms with Crippen LogP contribution in [0.1, 0.15) is 202 Å². The van der Waals surface area contributed by atoms with Crippen LogP contribution in [-0.2, 0) is 19.1 Å². The number of carboxylic acids is 1. The van der Waals surface area contributed by atoms with Gasteiger partial charge >= 0.3 is 11.9 Å². The van der Waals surface area contributed by atoms with Gasteiger partial charge in [-0.2, -0.15) is 0 Å². The van der Waals surface area contributed by atoms with Crippen molar-refractivity contribution in [2.75, 3.05) is 0 Å². The van der Waals surface area contributed by atoms with Gasteiger partial charge in [-0.1, -0.05) is 69.2 Å². The average Bonchev–Trinajstić information content (AvgIpc) is 3.47. The van der Waals surface area contributed by atoms with E-state index in [1.165, 1.54) is 44.9 Å². The molecule has 7 aliphatic carbocycles. The highest BCUT2D eigenvalue weighted by Gasteiger charge is 2.74. The molecular formula is C52H80N4O5. The van der Waals surface area contributed by atoms with Crippen molar-refractivity contribution in [1.29, 1.82) is 0 Å². The van der Waals surface area contributed by atoms with E-state index in [0.29, 0.717) is 71.4 Å². The highest BCUT2D eigenvalue weighted by Crippen LogP contribution is 2.79. The largest absolute Gasteiger partial charge is 0.481 e. The first kappa shape index (κ1) is 42.5. The van der Waals surface area contributed by atoms with Gasteiger partial charge < -0.3 is 19.3 Å². The van der Waals surface area contributed by atoms with E-state index in [2.05, 4.69) is 82.0 Å². The Morgan fingerprint density at radius 3 is 1.98 bits per heavy atom. The van der Waals surface area contributed by atoms with Crippen LogP contribution in [0.15, 0.2) is 0 Å². The third kappa shape index (κ3) is 5.63. The van der Waals surface area contributed by atoms with Gasteiger partial charge in [0.15, 0.2) is 0 Å². The number of carbonyl (C=O) groups excluding carboxylic acids is 2. The maximum atomic E-state index is 15.9. The summed E-state index contributed by atoms with van der Waals surface area (Å²) in [5, 5.41) is 18.9. The van der Waals surface area contributed by atoms with Crippen LogP contribution in [0.25, 0.3) is 0 Å². The standard InChI is InChI=1S/C52H80N4O5/c1-29(2)42-54-53-30(3)55(42)33-26-31-12-13-32(27-33)56(31)45(60)52-21-16-34(48(8)22-23-48)41(52)35-14-15-39-49(9)19-18-40(61-44(59)37-28-36(43(57)58)46(37,4)5)47(6,7)38(49)17-20-51(39,11)50(35,10)24-25-52/h29,31-41H,12-28H2,1-11H3,(H,57,58)/t31?,32?,33?,34-,35-,36+,37-,38+,39-,40+,41-,49+,50-,51-,52+/m1/s1. The van der Waals surface area contributed by atoms with Crippen LogP contribution < -0.4 is 0 Å². The number of aromatic nitrogens is 3. The molecule has 7 saturated carbocycles. The number of esters is 1. The summed E-state index contributed by atoms with van der Waals surface area (Å²) in [6.07, 6.45) is 18.6. The molecule has 2 saturated heterocycles. The maximum absolute atomic E-state index is 15.9. The van der Waals surface area contributed by atoms with Crippen LogP contribution in [0.5, 0.6) is 0 Å². The van der Waals surface area contributed by atoms with Gasteiger partial charge in [0.1, 0.15) is 17.8 Å². The molecule has 1 amide bonds. The summed E-state index contributed by atoms with van der Waals surface area (Å²) in [6, 6.07) is 1.01. The normalized spacial score (nSPS) is 47.3. The molecule has 9 nitrogen and oxygen atoms in total. The number of aliphatic carboxylic acids is 1. The third-order valence-electron chi connectivity index (χ3n) is 22.6. The number of hydrogen-bond donors (Lipinski definition) is 1. The lowest BCUT2D eigenvalue weighted by Crippen LogP contribution is -2.68. The first-order valence-electron chi connectivity index (χ1n) is 25.2. The number of hydrogen-bond acceptors (Lipinski definition) is 6. The van der Waals surface area contributed by atoms with E-state index in [4.69, 9.17) is 4.74 Å². The second-order valence-corrected chi connectivity index (χ2v) is 25.8. The molecule has 0 spiro atoms. The SMILES string of the molecule is Cc1nnc(C(C)C)n1C1CC2CCC(C1)N2C(=O)[C@]12CC[C@@H](C3(C)CC3)[C@@H]1[C@H]1CC[C@@H]3[C@@]4(C)CC[C@H](OC(=O)[C@H]5C[C@@H](C(=O)O)C5(C)C)C(C)(C)[C@@H]4CC[C@@]3(C)[C@]1(C)CC2. The minimum atomic E-state index is -0.806. The number of carbonyl (C=O) groups is 3. The Morgan fingerprint density at radius 2 is 1.36 bits per heavy atom. The molecule has 0 aromatic carbocycles. The van der Waals surface area contributed by atoms with Crippen molar-refractivity contribution in [2.24, 2.45) is 79.3 Å². The number of amides is 1. The van der Waals surface area contributed by atoms with E-state index in [1.54, 1.807) is 0 Å². The van der Waals surface area contributed by atoms with Gasteiger partial charge in [0.05, 0.1) is 17.3 Å². The van der Waals surface area contributed by atoms with Crippen LogP contribution in [0.3, 0.4) is 0 Å². The number of rotatable bonds is 7. The number of piperidine rings is 1. The summed E-state index contributed by atoms with van der Waals surface area (Å²) in [7, 11) is 0. The predicted octanol–water partition coefficient (Wildman–Crippen LogP) is 10.9. The molecule has 61 heavy (non-hydrogen) atoms. The minimum absolute atomic E-state index is 0.146. The lowest BCUT2D eigenvalue weighted by atomic mass is 9.32. The Labute approximate surface area is 367 Å². The maximum Gasteiger partial charge on any atom is 0.309 e. The van der Waals surface area contributed by atoms with Gasteiger partial charge in [0.2, 0.25) is 5.91 Å². The Bertz CT molecular complexity index is 1970. The van der Waals surface area contributed by atoms with E-state index in [9.17, 15) is 14.7 Å². The van der Waals surface area contributed by atoms with Crippen molar-refractivity contribution in [3.05, 3.63) is 11.6 Å². The Kier molecular flexibility index (Phi) is 9.44. The number of aryl methyl sites for hydroxylation is 1. The molecule has 1 aromatic rings. The molecule has 9 heteroatoms. The molecule has 1 aromatic heterocycles. The first-order chi connectivity index (χ1) is 28.5. The van der Waals surface area contributed by atoms with Gasteiger partial charge in [-0.15, -0.1) is 10.2 Å². The molecule has 9 aliphatic rings. The number of carboxylic acid groups (broad SMARTS) is 1. The van der Waals surface area contributed by atoms with E-state index in [0.717, 1.165) is 69.4 Å². The molecule has 1 N–H and O–H groups in total. The third-order valence-corrected chi connectivity index (χ3v) is 22.6. The minimum Gasteiger partial charge on any atom is -0.481 e. The molecule has 338 valence electrons. The molecule has 14 atom stereocenters. The van der Waals surface area contributed by atoms with E-state index in [-0.39, 0.29) is 45.1 Å². The van der Waals surface area contributed by atoms with Crippen molar-refractivity contribution in [3.63, 3.8) is 0 Å². The van der Waals surface area contributed by atoms with Gasteiger partial charge in [-0.05, 0) is 173 Å². The van der Waals surface area contributed by atoms with Crippen molar-refractivity contribution in [1.82, 2.24) is 19.7 Å². The molecular weight excluding hydrogens is 761 g/mol. The van der Waals surface area contributed by atoms with Gasteiger partial charge in [-0.25, -0.2) is 0 Å². The molecule has 2 bridgehead atoms. The zero-order valence-corrected chi connectivity index (χ0v) is 39.8. The average molecular weight is 841 g/mol. The van der Waals surface area contributed by atoms with E-state index < -0.39 is 17.3 Å². The summed E-state index contributed by atoms with van der Waals surface area (Å²) >= 11 is 0. The van der Waals surface area contributed by atoms with Gasteiger partial charge in [-0.3, -0.25) is 14.4 Å². The predicted molar refractivity (Wildman–Crippen MR) is 235 cm³/mol. The summed E-state index contributed by atoms with van der Waals surface area (Å²) in [4.78, 5) is 44.0. The van der Waals surface area contributed by atoms with E-state index in [1.807, 2.05) is 13.8 Å². The monoisotopic (exact) mass is 841 g/mol. The second kappa shape index (κ2) is 13.5. The molecule has 2 unspecified atom stereocenters. The smallest absolute Gasteiger partial charge is 0.309 e. The van der Waals surface area contributed by atoms with Crippen LogP contribution in [0.4, 0.5) is 0 Å². The lowest BCUT2D eigenvalue weighted by molar-refractivity contribution is -0.253. The fourth-order valence-electron chi connectivity index (χ4n) is 18.6. The fraction of sp³-hybridized carbons (Fsp3) is 0.904. The van der Waals surface area contributed by atoms with Crippen LogP contribution in [0.2, 0.25) is 0 Å². The fourth-order valence-corrected chi connectivity index (χ4v) is 18.6. The Balaban J connectivity index is 0.909. The van der Waals surface area contributed by atoms with Crippen LogP contribution >= 0.6 is 0 Å². The topological polar surface area (TPSA) is 115 Å². The second-order valence-electron chi connectivity index (χ2n) is 25.8. The zero-order valence-electron chi connectivity index (χ0n) is 39.8. The Hall–Kier alpha value is -2.45. The summed E-state index contributed by atoms with van der Waals surface area (Å²) in [5.74, 6) is 3.93.